The molecule has 198 valence electrons. The number of imide groups is 1. The normalized spacial score (nSPS) is 14.9. The maximum atomic E-state index is 13.0. The topological polar surface area (TPSA) is 94.9 Å². The van der Waals surface area contributed by atoms with Crippen molar-refractivity contribution in [2.45, 2.75) is 58.5 Å². The Kier molecular flexibility index (Phi) is 7.83. The second-order valence-corrected chi connectivity index (χ2v) is 11.2. The Bertz CT molecular complexity index is 1340. The summed E-state index contributed by atoms with van der Waals surface area (Å²) in [5.74, 6) is -3.06. The van der Waals surface area contributed by atoms with Crippen LogP contribution >= 0.6 is 0 Å². The Morgan fingerprint density at radius 3 is 2.00 bits per heavy atom. The number of aliphatic carboxylic acids is 1. The van der Waals surface area contributed by atoms with Gasteiger partial charge in [0.25, 0.3) is 11.8 Å². The van der Waals surface area contributed by atoms with Crippen LogP contribution in [0.1, 0.15) is 71.0 Å². The Labute approximate surface area is 223 Å². The van der Waals surface area contributed by atoms with E-state index in [0.29, 0.717) is 17.5 Å². The maximum Gasteiger partial charge on any atom is 0.309 e. The fourth-order valence-corrected chi connectivity index (χ4v) is 4.83. The fraction of sp³-hybridized carbons (Fsp3) is 0.344. The van der Waals surface area contributed by atoms with Crippen molar-refractivity contribution >= 4 is 17.8 Å². The molecule has 2 atom stereocenters. The predicted molar refractivity (Wildman–Crippen MR) is 147 cm³/mol. The molecule has 3 aromatic rings. The minimum atomic E-state index is -1.14. The first-order valence-corrected chi connectivity index (χ1v) is 13.0. The zero-order valence-electron chi connectivity index (χ0n) is 22.4. The molecule has 2 N–H and O–H groups in total. The van der Waals surface area contributed by atoms with Gasteiger partial charge in [0.05, 0.1) is 23.1 Å². The average molecular weight is 514 g/mol. The van der Waals surface area contributed by atoms with Gasteiger partial charge in [0, 0.05) is 6.54 Å². The van der Waals surface area contributed by atoms with Crippen LogP contribution in [0.4, 0.5) is 0 Å². The summed E-state index contributed by atoms with van der Waals surface area (Å²) in [7, 11) is 0. The van der Waals surface area contributed by atoms with E-state index < -0.39 is 29.8 Å². The molecule has 0 fully saturated rings. The van der Waals surface area contributed by atoms with Crippen LogP contribution in [0.3, 0.4) is 0 Å². The Morgan fingerprint density at radius 2 is 1.42 bits per heavy atom. The number of aryl methyl sites for hydroxylation is 2. The molecule has 0 saturated carbocycles. The number of carbonyl (C=O) groups is 3. The van der Waals surface area contributed by atoms with Crippen LogP contribution in [0, 0.1) is 12.8 Å². The zero-order valence-corrected chi connectivity index (χ0v) is 22.4. The molecular formula is C32H35NO5. The molecule has 0 spiro atoms. The fourth-order valence-electron chi connectivity index (χ4n) is 4.83. The monoisotopic (exact) mass is 513 g/mol. The summed E-state index contributed by atoms with van der Waals surface area (Å²) in [5, 5.41) is 20.5. The van der Waals surface area contributed by atoms with Crippen LogP contribution in [0.5, 0.6) is 0 Å². The molecule has 0 radical (unpaired) electrons. The molecule has 0 saturated heterocycles. The van der Waals surface area contributed by atoms with E-state index in [-0.39, 0.29) is 24.8 Å². The second kappa shape index (κ2) is 10.9. The minimum Gasteiger partial charge on any atom is -0.481 e. The van der Waals surface area contributed by atoms with Gasteiger partial charge in [-0.25, -0.2) is 0 Å². The van der Waals surface area contributed by atoms with Gasteiger partial charge in [0.1, 0.15) is 0 Å². The van der Waals surface area contributed by atoms with Crippen molar-refractivity contribution in [3.63, 3.8) is 0 Å². The summed E-state index contributed by atoms with van der Waals surface area (Å²) < 4.78 is 0. The molecule has 2 amide bonds. The Morgan fingerprint density at radius 1 is 0.842 bits per heavy atom. The largest absolute Gasteiger partial charge is 0.481 e. The van der Waals surface area contributed by atoms with Crippen LogP contribution in [0.15, 0.2) is 66.7 Å². The van der Waals surface area contributed by atoms with Crippen molar-refractivity contribution in [2.75, 3.05) is 6.54 Å². The number of hydrogen-bond acceptors (Lipinski definition) is 4. The number of amides is 2. The van der Waals surface area contributed by atoms with E-state index in [1.54, 1.807) is 12.1 Å². The van der Waals surface area contributed by atoms with Gasteiger partial charge in [-0.15, -0.1) is 0 Å². The van der Waals surface area contributed by atoms with Gasteiger partial charge in [0.2, 0.25) is 0 Å². The third-order valence-corrected chi connectivity index (χ3v) is 7.35. The summed E-state index contributed by atoms with van der Waals surface area (Å²) in [6.45, 7) is 8.09. The molecule has 6 nitrogen and oxygen atoms in total. The van der Waals surface area contributed by atoms with Crippen LogP contribution in [0.25, 0.3) is 11.1 Å². The van der Waals surface area contributed by atoms with Gasteiger partial charge < -0.3 is 10.2 Å². The summed E-state index contributed by atoms with van der Waals surface area (Å²) in [6, 6.07) is 21.6. The highest BCUT2D eigenvalue weighted by Crippen LogP contribution is 2.30. The van der Waals surface area contributed by atoms with Crippen molar-refractivity contribution < 1.29 is 24.6 Å². The highest BCUT2D eigenvalue weighted by Gasteiger charge is 2.37. The number of nitrogens with zero attached hydrogens (tertiary/aromatic N) is 1. The molecule has 0 aromatic heterocycles. The zero-order chi connectivity index (χ0) is 27.6. The third-order valence-electron chi connectivity index (χ3n) is 7.35. The standard InChI is InChI=1S/C32H35NO5/c1-20-5-10-22(11-6-20)23-12-7-21(8-13-23)9-16-28(34)26(31(37)38)17-18-33-29(35)25-15-14-24(32(2,3)4)19-27(25)30(33)36/h5-8,10-15,19,26,28,34H,9,16-18H2,1-4H3,(H,37,38)/t26-,28+/m1/s1. The molecule has 0 aliphatic carbocycles. The van der Waals surface area contributed by atoms with E-state index >= 15 is 0 Å². The van der Waals surface area contributed by atoms with E-state index in [9.17, 15) is 24.6 Å². The van der Waals surface area contributed by atoms with E-state index in [0.717, 1.165) is 27.2 Å². The van der Waals surface area contributed by atoms with E-state index in [1.165, 1.54) is 5.56 Å². The highest BCUT2D eigenvalue weighted by atomic mass is 16.4. The number of fused-ring (bicyclic) bond motifs is 1. The van der Waals surface area contributed by atoms with Crippen molar-refractivity contribution in [3.8, 4) is 11.1 Å². The Balaban J connectivity index is 1.36. The van der Waals surface area contributed by atoms with Gasteiger partial charge in [-0.3, -0.25) is 19.3 Å². The summed E-state index contributed by atoms with van der Waals surface area (Å²) in [6.07, 6.45) is -0.341. The van der Waals surface area contributed by atoms with E-state index in [4.69, 9.17) is 0 Å². The number of benzene rings is 3. The number of carbonyl (C=O) groups excluding carboxylic acids is 2. The molecule has 0 unspecified atom stereocenters. The lowest BCUT2D eigenvalue weighted by Gasteiger charge is -2.22. The number of hydrogen-bond donors (Lipinski definition) is 2. The van der Waals surface area contributed by atoms with Gasteiger partial charge in [-0.05, 0) is 66.0 Å². The quantitative estimate of drug-likeness (QED) is 0.361. The summed E-state index contributed by atoms with van der Waals surface area (Å²) in [4.78, 5) is 38.9. The molecule has 0 bridgehead atoms. The first kappa shape index (κ1) is 27.3. The van der Waals surface area contributed by atoms with Gasteiger partial charge in [-0.2, -0.15) is 0 Å². The molecular weight excluding hydrogens is 478 g/mol. The van der Waals surface area contributed by atoms with E-state index in [1.807, 2.05) is 58.0 Å². The van der Waals surface area contributed by atoms with Gasteiger partial charge in [0.15, 0.2) is 0 Å². The van der Waals surface area contributed by atoms with Crippen molar-refractivity contribution in [1.82, 2.24) is 4.90 Å². The molecule has 4 rings (SSSR count). The predicted octanol–water partition coefficient (Wildman–Crippen LogP) is 5.64. The van der Waals surface area contributed by atoms with Crippen LogP contribution in [0.2, 0.25) is 0 Å². The smallest absolute Gasteiger partial charge is 0.309 e. The first-order valence-electron chi connectivity index (χ1n) is 13.0. The molecule has 1 aliphatic rings. The first-order chi connectivity index (χ1) is 18.0. The van der Waals surface area contributed by atoms with Gasteiger partial charge >= 0.3 is 5.97 Å². The molecule has 38 heavy (non-hydrogen) atoms. The maximum absolute atomic E-state index is 13.0. The summed E-state index contributed by atoms with van der Waals surface area (Å²) in [5.41, 5.74) is 5.87. The van der Waals surface area contributed by atoms with Gasteiger partial charge in [-0.1, -0.05) is 80.9 Å². The third kappa shape index (κ3) is 5.86. The van der Waals surface area contributed by atoms with Crippen molar-refractivity contribution in [3.05, 3.63) is 94.5 Å². The lowest BCUT2D eigenvalue weighted by molar-refractivity contribution is -0.146. The second-order valence-electron chi connectivity index (χ2n) is 11.2. The Hall–Kier alpha value is -3.77. The molecule has 1 heterocycles. The van der Waals surface area contributed by atoms with Crippen LogP contribution < -0.4 is 0 Å². The minimum absolute atomic E-state index is 0.0134. The molecule has 1 aliphatic heterocycles. The van der Waals surface area contributed by atoms with Crippen LogP contribution in [-0.2, 0) is 16.6 Å². The summed E-state index contributed by atoms with van der Waals surface area (Å²) >= 11 is 0. The average Bonchev–Trinajstić information content (AvgIpc) is 3.12. The van der Waals surface area contributed by atoms with E-state index in [2.05, 4.69) is 24.3 Å². The van der Waals surface area contributed by atoms with Crippen LogP contribution in [-0.4, -0.2) is 45.5 Å². The van der Waals surface area contributed by atoms with Crippen molar-refractivity contribution in [2.24, 2.45) is 5.92 Å². The molecule has 3 aromatic carbocycles. The lowest BCUT2D eigenvalue weighted by Crippen LogP contribution is -2.36. The number of rotatable bonds is 9. The SMILES string of the molecule is Cc1ccc(-c2ccc(CC[C@H](O)[C@@H](CCN3C(=O)c4ccc(C(C)(C)C)cc4C3=O)C(=O)O)cc2)cc1. The highest BCUT2D eigenvalue weighted by molar-refractivity contribution is 6.21. The van der Waals surface area contributed by atoms with Crippen molar-refractivity contribution in [1.29, 1.82) is 0 Å². The number of carboxylic acids is 1. The molecule has 6 heteroatoms. The number of aliphatic hydroxyl groups excluding tert-OH is 1. The number of aliphatic hydroxyl groups is 1. The lowest BCUT2D eigenvalue weighted by atomic mass is 9.85. The number of carboxylic acid groups (broad SMARTS) is 1.